The zero-order valence-electron chi connectivity index (χ0n) is 6.06. The van der Waals surface area contributed by atoms with Gasteiger partial charge in [-0.25, -0.2) is 4.99 Å². The molecule has 0 aliphatic carbocycles. The number of hydrogen-bond acceptors (Lipinski definition) is 2. The fraction of sp³-hybridized carbons (Fsp3) is 0.667. The Morgan fingerprint density at radius 3 is 2.70 bits per heavy atom. The van der Waals surface area contributed by atoms with E-state index in [1.54, 1.807) is 14.0 Å². The van der Waals surface area contributed by atoms with Gasteiger partial charge in [0.15, 0.2) is 0 Å². The molecule has 0 aromatic rings. The first-order valence-corrected chi connectivity index (χ1v) is 3.36. The van der Waals surface area contributed by atoms with E-state index in [9.17, 15) is 4.79 Å². The number of carbonyl (C=O) groups is 1. The number of amides is 1. The van der Waals surface area contributed by atoms with E-state index < -0.39 is 0 Å². The lowest BCUT2D eigenvalue weighted by Crippen LogP contribution is -2.06. The van der Waals surface area contributed by atoms with Crippen LogP contribution >= 0.6 is 11.6 Å². The lowest BCUT2D eigenvalue weighted by atomic mass is 10.4. The second-order valence-corrected chi connectivity index (χ2v) is 2.07. The molecule has 0 radical (unpaired) electrons. The Kier molecular flexibility index (Phi) is 5.16. The van der Waals surface area contributed by atoms with Crippen molar-refractivity contribution in [2.45, 2.75) is 6.92 Å². The summed E-state index contributed by atoms with van der Waals surface area (Å²) in [5, 5.41) is 0. The quantitative estimate of drug-likeness (QED) is 0.457. The molecule has 0 fully saturated rings. The lowest BCUT2D eigenvalue weighted by Gasteiger charge is -1.94. The molecule has 10 heavy (non-hydrogen) atoms. The minimum Gasteiger partial charge on any atom is -0.379 e. The topological polar surface area (TPSA) is 38.7 Å². The van der Waals surface area contributed by atoms with Gasteiger partial charge in [-0.15, -0.1) is 11.6 Å². The standard InChI is InChI=1S/C6H10ClNO2/c1-5(4-10-2)8-6(9)3-7/h3-4H2,1-2H3/b8-5+. The summed E-state index contributed by atoms with van der Waals surface area (Å²) in [5.41, 5.74) is 0.646. The maximum Gasteiger partial charge on any atom is 0.260 e. The molecule has 0 aliphatic heterocycles. The predicted molar refractivity (Wildman–Crippen MR) is 40.7 cm³/mol. The van der Waals surface area contributed by atoms with Crippen molar-refractivity contribution in [1.29, 1.82) is 0 Å². The summed E-state index contributed by atoms with van der Waals surface area (Å²) in [7, 11) is 1.55. The Morgan fingerprint density at radius 2 is 2.30 bits per heavy atom. The van der Waals surface area contributed by atoms with E-state index in [0.29, 0.717) is 12.3 Å². The monoisotopic (exact) mass is 163 g/mol. The first-order valence-electron chi connectivity index (χ1n) is 2.82. The summed E-state index contributed by atoms with van der Waals surface area (Å²) >= 11 is 5.20. The third kappa shape index (κ3) is 4.47. The van der Waals surface area contributed by atoms with Crippen LogP contribution in [-0.4, -0.2) is 31.2 Å². The van der Waals surface area contributed by atoms with Gasteiger partial charge in [0, 0.05) is 12.8 Å². The van der Waals surface area contributed by atoms with Gasteiger partial charge in [0.2, 0.25) is 0 Å². The number of ether oxygens (including phenoxy) is 1. The van der Waals surface area contributed by atoms with Gasteiger partial charge in [-0.05, 0) is 6.92 Å². The fourth-order valence-electron chi connectivity index (χ4n) is 0.484. The highest BCUT2D eigenvalue weighted by molar-refractivity contribution is 6.28. The summed E-state index contributed by atoms with van der Waals surface area (Å²) in [6.07, 6.45) is 0. The van der Waals surface area contributed by atoms with Crippen molar-refractivity contribution in [3.05, 3.63) is 0 Å². The van der Waals surface area contributed by atoms with E-state index in [2.05, 4.69) is 4.99 Å². The van der Waals surface area contributed by atoms with E-state index in [1.165, 1.54) is 0 Å². The van der Waals surface area contributed by atoms with Gasteiger partial charge in [0.1, 0.15) is 5.88 Å². The molecule has 0 saturated heterocycles. The van der Waals surface area contributed by atoms with Gasteiger partial charge < -0.3 is 4.74 Å². The summed E-state index contributed by atoms with van der Waals surface area (Å²) in [6, 6.07) is 0. The van der Waals surface area contributed by atoms with Crippen molar-refractivity contribution in [3.63, 3.8) is 0 Å². The summed E-state index contributed by atoms with van der Waals surface area (Å²) in [4.78, 5) is 14.1. The van der Waals surface area contributed by atoms with Gasteiger partial charge in [-0.2, -0.15) is 0 Å². The Bertz CT molecular complexity index is 145. The van der Waals surface area contributed by atoms with Crippen molar-refractivity contribution < 1.29 is 9.53 Å². The number of halogens is 1. The Balaban J connectivity index is 3.77. The normalized spacial score (nSPS) is 11.7. The maximum absolute atomic E-state index is 10.5. The first kappa shape index (κ1) is 9.59. The van der Waals surface area contributed by atoms with Crippen molar-refractivity contribution in [1.82, 2.24) is 0 Å². The molecule has 0 N–H and O–H groups in total. The van der Waals surface area contributed by atoms with Gasteiger partial charge in [-0.1, -0.05) is 0 Å². The predicted octanol–water partition coefficient (Wildman–Crippen LogP) is 0.859. The van der Waals surface area contributed by atoms with Crippen LogP contribution in [0.2, 0.25) is 0 Å². The van der Waals surface area contributed by atoms with Crippen LogP contribution in [0.25, 0.3) is 0 Å². The molecule has 0 atom stereocenters. The molecule has 0 heterocycles. The van der Waals surface area contributed by atoms with Crippen LogP contribution in [0.3, 0.4) is 0 Å². The van der Waals surface area contributed by atoms with E-state index in [1.807, 2.05) is 0 Å². The third-order valence-corrected chi connectivity index (χ3v) is 1.01. The summed E-state index contributed by atoms with van der Waals surface area (Å²) in [5.74, 6) is -0.391. The molecule has 58 valence electrons. The molecular formula is C6H10ClNO2. The highest BCUT2D eigenvalue weighted by atomic mass is 35.5. The van der Waals surface area contributed by atoms with Crippen LogP contribution in [0.5, 0.6) is 0 Å². The zero-order valence-corrected chi connectivity index (χ0v) is 6.81. The molecule has 0 spiro atoms. The van der Waals surface area contributed by atoms with Crippen molar-refractivity contribution >= 4 is 23.2 Å². The van der Waals surface area contributed by atoms with Gasteiger partial charge in [0.25, 0.3) is 5.91 Å². The lowest BCUT2D eigenvalue weighted by molar-refractivity contribution is -0.115. The number of rotatable bonds is 3. The molecule has 4 heteroatoms. The second-order valence-electron chi connectivity index (χ2n) is 1.81. The molecule has 0 saturated carbocycles. The minimum absolute atomic E-state index is 0.0684. The number of methoxy groups -OCH3 is 1. The van der Waals surface area contributed by atoms with Crippen molar-refractivity contribution in [3.8, 4) is 0 Å². The summed E-state index contributed by atoms with van der Waals surface area (Å²) in [6.45, 7) is 2.09. The smallest absolute Gasteiger partial charge is 0.260 e. The Hall–Kier alpha value is -0.410. The third-order valence-electron chi connectivity index (χ3n) is 0.783. The molecular weight excluding hydrogens is 154 g/mol. The van der Waals surface area contributed by atoms with Crippen LogP contribution in [0.4, 0.5) is 0 Å². The molecule has 0 aromatic carbocycles. The number of aliphatic imine (C=N–C) groups is 1. The van der Waals surface area contributed by atoms with Crippen molar-refractivity contribution in [2.75, 3.05) is 19.6 Å². The average Bonchev–Trinajstić information content (AvgIpc) is 1.88. The molecule has 0 rings (SSSR count). The van der Waals surface area contributed by atoms with Crippen LogP contribution < -0.4 is 0 Å². The van der Waals surface area contributed by atoms with E-state index in [-0.39, 0.29) is 11.8 Å². The zero-order chi connectivity index (χ0) is 7.98. The van der Waals surface area contributed by atoms with E-state index in [4.69, 9.17) is 16.3 Å². The van der Waals surface area contributed by atoms with Gasteiger partial charge >= 0.3 is 0 Å². The highest BCUT2D eigenvalue weighted by Crippen LogP contribution is 1.84. The van der Waals surface area contributed by atoms with Crippen LogP contribution in [0.15, 0.2) is 4.99 Å². The molecule has 3 nitrogen and oxygen atoms in total. The molecule has 0 aliphatic rings. The van der Waals surface area contributed by atoms with Crippen LogP contribution in [0, 0.1) is 0 Å². The van der Waals surface area contributed by atoms with Gasteiger partial charge in [-0.3, -0.25) is 4.79 Å². The average molecular weight is 164 g/mol. The Labute approximate surface area is 65.0 Å². The number of hydrogen-bond donors (Lipinski definition) is 0. The molecule has 0 aromatic heterocycles. The van der Waals surface area contributed by atoms with Crippen molar-refractivity contribution in [2.24, 2.45) is 4.99 Å². The fourth-order valence-corrected chi connectivity index (χ4v) is 0.544. The molecule has 1 amide bonds. The van der Waals surface area contributed by atoms with Gasteiger partial charge in [0.05, 0.1) is 6.61 Å². The number of carbonyl (C=O) groups excluding carboxylic acids is 1. The molecule has 0 unspecified atom stereocenters. The Morgan fingerprint density at radius 1 is 1.70 bits per heavy atom. The SMILES string of the molecule is COC/C(C)=N/C(=O)CCl. The first-order chi connectivity index (χ1) is 4.70. The number of nitrogens with zero attached hydrogens (tertiary/aromatic N) is 1. The molecule has 0 bridgehead atoms. The highest BCUT2D eigenvalue weighted by Gasteiger charge is 1.95. The minimum atomic E-state index is -0.323. The van der Waals surface area contributed by atoms with Crippen LogP contribution in [0.1, 0.15) is 6.92 Å². The second kappa shape index (κ2) is 5.38. The van der Waals surface area contributed by atoms with Crippen LogP contribution in [-0.2, 0) is 9.53 Å². The van der Waals surface area contributed by atoms with E-state index >= 15 is 0 Å². The summed E-state index contributed by atoms with van der Waals surface area (Å²) < 4.78 is 4.72. The maximum atomic E-state index is 10.5. The largest absolute Gasteiger partial charge is 0.379 e. The number of alkyl halides is 1. The van der Waals surface area contributed by atoms with E-state index in [0.717, 1.165) is 0 Å².